The largest absolute Gasteiger partial charge is 0.381 e. The van der Waals surface area contributed by atoms with Crippen LogP contribution in [-0.2, 0) is 4.74 Å². The third-order valence-electron chi connectivity index (χ3n) is 3.24. The molecule has 0 heterocycles. The molecule has 78 valence electrons. The van der Waals surface area contributed by atoms with Crippen LogP contribution in [-0.4, -0.2) is 19.3 Å². The van der Waals surface area contributed by atoms with E-state index >= 15 is 0 Å². The summed E-state index contributed by atoms with van der Waals surface area (Å²) in [5.74, 6) is 0. The van der Waals surface area contributed by atoms with Gasteiger partial charge in [0.05, 0.1) is 0 Å². The van der Waals surface area contributed by atoms with Crippen LogP contribution >= 0.6 is 0 Å². The second-order valence-electron chi connectivity index (χ2n) is 4.37. The lowest BCUT2D eigenvalue weighted by Crippen LogP contribution is -2.29. The highest BCUT2D eigenvalue weighted by Crippen LogP contribution is 2.50. The average Bonchev–Trinajstić information content (AvgIpc) is 2.85. The van der Waals surface area contributed by atoms with Crippen molar-refractivity contribution in [1.29, 1.82) is 0 Å². The van der Waals surface area contributed by atoms with E-state index in [0.29, 0.717) is 11.5 Å². The van der Waals surface area contributed by atoms with Gasteiger partial charge in [-0.05, 0) is 38.0 Å². The monoisotopic (exact) mass is 185 g/mol. The lowest BCUT2D eigenvalue weighted by Gasteiger charge is -2.19. The maximum absolute atomic E-state index is 5.92. The maximum atomic E-state index is 5.92. The maximum Gasteiger partial charge on any atom is 0.0471 e. The summed E-state index contributed by atoms with van der Waals surface area (Å²) in [5.41, 5.74) is 6.37. The number of ether oxygens (including phenoxy) is 1. The molecule has 0 aromatic rings. The van der Waals surface area contributed by atoms with Gasteiger partial charge < -0.3 is 10.5 Å². The van der Waals surface area contributed by atoms with Crippen molar-refractivity contribution < 1.29 is 4.74 Å². The Morgan fingerprint density at radius 1 is 1.38 bits per heavy atom. The Morgan fingerprint density at radius 2 is 2.08 bits per heavy atom. The Morgan fingerprint density at radius 3 is 2.54 bits per heavy atom. The number of hydrogen-bond acceptors (Lipinski definition) is 2. The van der Waals surface area contributed by atoms with Crippen molar-refractivity contribution in [2.75, 3.05) is 13.2 Å². The van der Waals surface area contributed by atoms with Gasteiger partial charge in [-0.25, -0.2) is 0 Å². The predicted octanol–water partition coefficient (Wildman–Crippen LogP) is 2.32. The lowest BCUT2D eigenvalue weighted by molar-refractivity contribution is 0.110. The van der Waals surface area contributed by atoms with Crippen LogP contribution < -0.4 is 5.73 Å². The molecule has 0 aromatic heterocycles. The molecule has 1 fully saturated rings. The van der Waals surface area contributed by atoms with E-state index in [1.54, 1.807) is 0 Å². The van der Waals surface area contributed by atoms with Crippen molar-refractivity contribution in [3.8, 4) is 0 Å². The first-order valence-electron chi connectivity index (χ1n) is 5.54. The molecule has 0 saturated heterocycles. The first-order valence-corrected chi connectivity index (χ1v) is 5.54. The minimum absolute atomic E-state index is 0.349. The Hall–Kier alpha value is -0.0800. The summed E-state index contributed by atoms with van der Waals surface area (Å²) in [5, 5.41) is 0. The van der Waals surface area contributed by atoms with E-state index in [-0.39, 0.29) is 0 Å². The summed E-state index contributed by atoms with van der Waals surface area (Å²) in [6, 6.07) is 0.349. The number of rotatable bonds is 7. The molecule has 1 unspecified atom stereocenters. The van der Waals surface area contributed by atoms with Crippen LogP contribution in [0.2, 0.25) is 0 Å². The highest BCUT2D eigenvalue weighted by atomic mass is 16.5. The summed E-state index contributed by atoms with van der Waals surface area (Å²) in [6.07, 6.45) is 6.18. The van der Waals surface area contributed by atoms with E-state index in [0.717, 1.165) is 19.6 Å². The number of hydrogen-bond donors (Lipinski definition) is 1. The van der Waals surface area contributed by atoms with E-state index < -0.39 is 0 Å². The highest BCUT2D eigenvalue weighted by Gasteiger charge is 2.45. The molecule has 1 saturated carbocycles. The zero-order chi connectivity index (χ0) is 9.73. The molecule has 1 atom stereocenters. The van der Waals surface area contributed by atoms with Gasteiger partial charge in [0.2, 0.25) is 0 Å². The van der Waals surface area contributed by atoms with Crippen molar-refractivity contribution in [3.63, 3.8) is 0 Å². The van der Waals surface area contributed by atoms with Gasteiger partial charge in [-0.2, -0.15) is 0 Å². The zero-order valence-electron chi connectivity index (χ0n) is 9.01. The Kier molecular flexibility index (Phi) is 4.20. The van der Waals surface area contributed by atoms with Gasteiger partial charge in [0.15, 0.2) is 0 Å². The van der Waals surface area contributed by atoms with E-state index in [1.165, 1.54) is 25.7 Å². The summed E-state index contributed by atoms with van der Waals surface area (Å²) in [4.78, 5) is 0. The van der Waals surface area contributed by atoms with Gasteiger partial charge in [0.1, 0.15) is 0 Å². The third kappa shape index (κ3) is 3.28. The molecular weight excluding hydrogens is 162 g/mol. The fourth-order valence-electron chi connectivity index (χ4n) is 1.72. The van der Waals surface area contributed by atoms with Gasteiger partial charge in [-0.3, -0.25) is 0 Å². The van der Waals surface area contributed by atoms with Crippen LogP contribution in [0.4, 0.5) is 0 Å². The minimum atomic E-state index is 0.349. The van der Waals surface area contributed by atoms with Crippen molar-refractivity contribution in [1.82, 2.24) is 0 Å². The van der Waals surface area contributed by atoms with Gasteiger partial charge in [-0.1, -0.05) is 13.3 Å². The van der Waals surface area contributed by atoms with Crippen molar-refractivity contribution in [2.45, 2.75) is 52.0 Å². The van der Waals surface area contributed by atoms with Gasteiger partial charge in [0, 0.05) is 19.3 Å². The summed E-state index contributed by atoms with van der Waals surface area (Å²) >= 11 is 0. The number of nitrogens with two attached hydrogens (primary N) is 1. The third-order valence-corrected chi connectivity index (χ3v) is 3.24. The van der Waals surface area contributed by atoms with E-state index in [9.17, 15) is 0 Å². The second-order valence-corrected chi connectivity index (χ2v) is 4.37. The normalized spacial score (nSPS) is 21.5. The molecule has 2 heteroatoms. The molecule has 0 aromatic carbocycles. The van der Waals surface area contributed by atoms with Crippen LogP contribution in [0.5, 0.6) is 0 Å². The predicted molar refractivity (Wildman–Crippen MR) is 55.7 cm³/mol. The molecule has 0 radical (unpaired) electrons. The topological polar surface area (TPSA) is 35.2 Å². The van der Waals surface area contributed by atoms with Crippen LogP contribution in [0.3, 0.4) is 0 Å². The smallest absolute Gasteiger partial charge is 0.0471 e. The van der Waals surface area contributed by atoms with Crippen molar-refractivity contribution in [2.24, 2.45) is 11.1 Å². The standard InChI is InChI=1S/C11H23NO/c1-3-4-8-13-9-7-11(5-6-11)10(2)12/h10H,3-9,12H2,1-2H3. The molecule has 0 amide bonds. The van der Waals surface area contributed by atoms with Crippen molar-refractivity contribution in [3.05, 3.63) is 0 Å². The Labute approximate surface area is 81.8 Å². The van der Waals surface area contributed by atoms with Gasteiger partial charge in [-0.15, -0.1) is 0 Å². The fraction of sp³-hybridized carbons (Fsp3) is 1.00. The fourth-order valence-corrected chi connectivity index (χ4v) is 1.72. The SMILES string of the molecule is CCCCOCCC1(C(C)N)CC1. The van der Waals surface area contributed by atoms with Crippen LogP contribution in [0.1, 0.15) is 46.0 Å². The zero-order valence-corrected chi connectivity index (χ0v) is 9.01. The Balaban J connectivity index is 1.99. The van der Waals surface area contributed by atoms with Crippen LogP contribution in [0.25, 0.3) is 0 Å². The molecular formula is C11H23NO. The Bertz CT molecular complexity index is 141. The molecule has 0 spiro atoms. The van der Waals surface area contributed by atoms with Crippen LogP contribution in [0, 0.1) is 5.41 Å². The molecule has 1 aliphatic carbocycles. The summed E-state index contributed by atoms with van der Waals surface area (Å²) in [7, 11) is 0. The second kappa shape index (κ2) is 4.97. The molecule has 13 heavy (non-hydrogen) atoms. The van der Waals surface area contributed by atoms with Crippen LogP contribution in [0.15, 0.2) is 0 Å². The summed E-state index contributed by atoms with van der Waals surface area (Å²) in [6.45, 7) is 6.14. The average molecular weight is 185 g/mol. The summed E-state index contributed by atoms with van der Waals surface area (Å²) < 4.78 is 5.54. The highest BCUT2D eigenvalue weighted by molar-refractivity contribution is 4.98. The first kappa shape index (κ1) is 11.0. The van der Waals surface area contributed by atoms with E-state index in [4.69, 9.17) is 10.5 Å². The number of unbranched alkanes of at least 4 members (excludes halogenated alkanes) is 1. The quantitative estimate of drug-likeness (QED) is 0.618. The molecule has 0 aliphatic heterocycles. The lowest BCUT2D eigenvalue weighted by atomic mass is 9.95. The first-order chi connectivity index (χ1) is 6.21. The van der Waals surface area contributed by atoms with Crippen molar-refractivity contribution >= 4 is 0 Å². The molecule has 2 nitrogen and oxygen atoms in total. The molecule has 1 rings (SSSR count). The minimum Gasteiger partial charge on any atom is -0.381 e. The van der Waals surface area contributed by atoms with Gasteiger partial charge in [0.25, 0.3) is 0 Å². The van der Waals surface area contributed by atoms with E-state index in [2.05, 4.69) is 13.8 Å². The molecule has 0 bridgehead atoms. The molecule has 2 N–H and O–H groups in total. The molecule has 1 aliphatic rings. The van der Waals surface area contributed by atoms with E-state index in [1.807, 2.05) is 0 Å². The van der Waals surface area contributed by atoms with Gasteiger partial charge >= 0.3 is 0 Å².